The lowest BCUT2D eigenvalue weighted by Crippen LogP contribution is -2.44. The van der Waals surface area contributed by atoms with E-state index in [-0.39, 0.29) is 5.82 Å². The third kappa shape index (κ3) is 5.82. The van der Waals surface area contributed by atoms with E-state index in [4.69, 9.17) is 0 Å². The zero-order valence-corrected chi connectivity index (χ0v) is 14.5. The highest BCUT2D eigenvalue weighted by molar-refractivity contribution is 5.79. The minimum Gasteiger partial charge on any atom is -0.356 e. The van der Waals surface area contributed by atoms with Crippen molar-refractivity contribution in [2.45, 2.75) is 26.2 Å². The van der Waals surface area contributed by atoms with Crippen molar-refractivity contribution in [3.05, 3.63) is 35.1 Å². The Morgan fingerprint density at radius 2 is 2.22 bits per heavy atom. The number of halogens is 1. The van der Waals surface area contributed by atoms with Gasteiger partial charge in [-0.15, -0.1) is 0 Å². The first kappa shape index (κ1) is 17.7. The van der Waals surface area contributed by atoms with Crippen molar-refractivity contribution in [1.29, 1.82) is 0 Å². The maximum absolute atomic E-state index is 13.1. The summed E-state index contributed by atoms with van der Waals surface area (Å²) in [5, 5.41) is 6.76. The molecule has 1 saturated heterocycles. The number of rotatable bonds is 5. The van der Waals surface area contributed by atoms with Crippen molar-refractivity contribution < 1.29 is 4.39 Å². The smallest absolute Gasteiger partial charge is 0.190 e. The number of benzene rings is 1. The predicted molar refractivity (Wildman–Crippen MR) is 94.4 cm³/mol. The Hall–Kier alpha value is -1.62. The summed E-state index contributed by atoms with van der Waals surface area (Å²) in [6.45, 7) is 6.06. The molecule has 1 aliphatic rings. The number of hydrogen-bond acceptors (Lipinski definition) is 2. The molecule has 0 bridgehead atoms. The van der Waals surface area contributed by atoms with Gasteiger partial charge in [0.25, 0.3) is 0 Å². The fourth-order valence-corrected chi connectivity index (χ4v) is 3.16. The Balaban J connectivity index is 1.72. The highest BCUT2D eigenvalue weighted by atomic mass is 19.1. The molecule has 4 nitrogen and oxygen atoms in total. The lowest BCUT2D eigenvalue weighted by atomic mass is 9.99. The first-order valence-corrected chi connectivity index (χ1v) is 8.46. The minimum absolute atomic E-state index is 0.172. The van der Waals surface area contributed by atoms with E-state index < -0.39 is 0 Å². The van der Waals surface area contributed by atoms with E-state index in [0.29, 0.717) is 5.92 Å². The minimum atomic E-state index is -0.172. The molecule has 1 aromatic carbocycles. The molecule has 23 heavy (non-hydrogen) atoms. The largest absolute Gasteiger partial charge is 0.356 e. The standard InChI is InChI=1S/C18H29FN4/c1-14-11-17(19)7-6-16(14)8-9-21-18(20-2)22-12-15-5-4-10-23(3)13-15/h6-7,11,15H,4-5,8-10,12-13H2,1-3H3,(H2,20,21,22). The van der Waals surface area contributed by atoms with Gasteiger partial charge in [0.2, 0.25) is 0 Å². The van der Waals surface area contributed by atoms with E-state index in [1.54, 1.807) is 13.1 Å². The average Bonchev–Trinajstić information content (AvgIpc) is 2.52. The third-order valence-electron chi connectivity index (χ3n) is 4.50. The van der Waals surface area contributed by atoms with E-state index in [0.717, 1.165) is 37.6 Å². The maximum Gasteiger partial charge on any atom is 0.190 e. The average molecular weight is 320 g/mol. The normalized spacial score (nSPS) is 19.7. The van der Waals surface area contributed by atoms with Crippen LogP contribution in [0.25, 0.3) is 0 Å². The molecule has 0 amide bonds. The first-order valence-electron chi connectivity index (χ1n) is 8.46. The molecule has 0 spiro atoms. The molecule has 1 aromatic rings. The van der Waals surface area contributed by atoms with Crippen molar-refractivity contribution >= 4 is 5.96 Å². The Bertz CT molecular complexity index is 530. The van der Waals surface area contributed by atoms with E-state index >= 15 is 0 Å². The van der Waals surface area contributed by atoms with Gasteiger partial charge in [-0.1, -0.05) is 6.07 Å². The second kappa shape index (κ2) is 8.87. The Labute approximate surface area is 139 Å². The van der Waals surface area contributed by atoms with Gasteiger partial charge in [0.15, 0.2) is 5.96 Å². The number of guanidine groups is 1. The van der Waals surface area contributed by atoms with E-state index in [9.17, 15) is 4.39 Å². The number of hydrogen-bond donors (Lipinski definition) is 2. The van der Waals surface area contributed by atoms with Crippen LogP contribution in [0.2, 0.25) is 0 Å². The Morgan fingerprint density at radius 3 is 2.91 bits per heavy atom. The molecule has 1 aliphatic heterocycles. The van der Waals surface area contributed by atoms with Gasteiger partial charge in [-0.25, -0.2) is 4.39 Å². The molecule has 0 aromatic heterocycles. The maximum atomic E-state index is 13.1. The van der Waals surface area contributed by atoms with Crippen LogP contribution in [-0.2, 0) is 6.42 Å². The summed E-state index contributed by atoms with van der Waals surface area (Å²) < 4.78 is 13.1. The van der Waals surface area contributed by atoms with Gasteiger partial charge in [0, 0.05) is 26.7 Å². The molecule has 0 saturated carbocycles. The third-order valence-corrected chi connectivity index (χ3v) is 4.50. The van der Waals surface area contributed by atoms with Crippen LogP contribution < -0.4 is 10.6 Å². The van der Waals surface area contributed by atoms with Gasteiger partial charge in [0.05, 0.1) is 0 Å². The fraction of sp³-hybridized carbons (Fsp3) is 0.611. The van der Waals surface area contributed by atoms with Gasteiger partial charge < -0.3 is 15.5 Å². The molecule has 1 heterocycles. The zero-order valence-electron chi connectivity index (χ0n) is 14.5. The summed E-state index contributed by atoms with van der Waals surface area (Å²) in [6.07, 6.45) is 3.42. The van der Waals surface area contributed by atoms with Crippen LogP contribution in [0, 0.1) is 18.7 Å². The highest BCUT2D eigenvalue weighted by Crippen LogP contribution is 2.13. The summed E-state index contributed by atoms with van der Waals surface area (Å²) >= 11 is 0. The SMILES string of the molecule is CN=C(NCCc1ccc(F)cc1C)NCC1CCCN(C)C1. The van der Waals surface area contributed by atoms with E-state index in [1.165, 1.54) is 31.0 Å². The molecule has 0 radical (unpaired) electrons. The van der Waals surface area contributed by atoms with Crippen molar-refractivity contribution in [1.82, 2.24) is 15.5 Å². The summed E-state index contributed by atoms with van der Waals surface area (Å²) in [5.74, 6) is 1.36. The summed E-state index contributed by atoms with van der Waals surface area (Å²) in [4.78, 5) is 6.67. The number of likely N-dealkylation sites (tertiary alicyclic amines) is 1. The van der Waals surface area contributed by atoms with E-state index in [1.807, 2.05) is 13.0 Å². The number of nitrogens with zero attached hydrogens (tertiary/aromatic N) is 2. The predicted octanol–water partition coefficient (Wildman–Crippen LogP) is 2.18. The van der Waals surface area contributed by atoms with Crippen molar-refractivity contribution in [3.8, 4) is 0 Å². The van der Waals surface area contributed by atoms with Crippen LogP contribution in [0.4, 0.5) is 4.39 Å². The van der Waals surface area contributed by atoms with Gasteiger partial charge in [-0.3, -0.25) is 4.99 Å². The highest BCUT2D eigenvalue weighted by Gasteiger charge is 2.17. The first-order chi connectivity index (χ1) is 11.1. The number of piperidine rings is 1. The summed E-state index contributed by atoms with van der Waals surface area (Å²) in [6, 6.07) is 4.97. The van der Waals surface area contributed by atoms with Crippen LogP contribution in [0.5, 0.6) is 0 Å². The van der Waals surface area contributed by atoms with Crippen LogP contribution in [0.3, 0.4) is 0 Å². The summed E-state index contributed by atoms with van der Waals surface area (Å²) in [5.41, 5.74) is 2.17. The van der Waals surface area contributed by atoms with Gasteiger partial charge >= 0.3 is 0 Å². The van der Waals surface area contributed by atoms with Crippen molar-refractivity contribution in [2.24, 2.45) is 10.9 Å². The second-order valence-electron chi connectivity index (χ2n) is 6.47. The molecular weight excluding hydrogens is 291 g/mol. The molecule has 1 unspecified atom stereocenters. The Kier molecular flexibility index (Phi) is 6.84. The van der Waals surface area contributed by atoms with Crippen molar-refractivity contribution in [3.63, 3.8) is 0 Å². The molecule has 1 fully saturated rings. The molecule has 128 valence electrons. The monoisotopic (exact) mass is 320 g/mol. The summed E-state index contributed by atoms with van der Waals surface area (Å²) in [7, 11) is 3.98. The molecule has 5 heteroatoms. The number of aliphatic imine (C=N–C) groups is 1. The lowest BCUT2D eigenvalue weighted by Gasteiger charge is -2.30. The lowest BCUT2D eigenvalue weighted by molar-refractivity contribution is 0.210. The van der Waals surface area contributed by atoms with Gasteiger partial charge in [-0.05, 0) is 69.0 Å². The van der Waals surface area contributed by atoms with Crippen LogP contribution in [0.1, 0.15) is 24.0 Å². The number of aryl methyl sites for hydroxylation is 1. The quantitative estimate of drug-likeness (QED) is 0.645. The van der Waals surface area contributed by atoms with Crippen LogP contribution in [0.15, 0.2) is 23.2 Å². The molecule has 2 N–H and O–H groups in total. The van der Waals surface area contributed by atoms with Gasteiger partial charge in [0.1, 0.15) is 5.82 Å². The van der Waals surface area contributed by atoms with Gasteiger partial charge in [-0.2, -0.15) is 0 Å². The van der Waals surface area contributed by atoms with Crippen molar-refractivity contribution in [2.75, 3.05) is 40.3 Å². The molecule has 0 aliphatic carbocycles. The fourth-order valence-electron chi connectivity index (χ4n) is 3.16. The second-order valence-corrected chi connectivity index (χ2v) is 6.47. The Morgan fingerprint density at radius 1 is 1.39 bits per heavy atom. The van der Waals surface area contributed by atoms with Crippen LogP contribution >= 0.6 is 0 Å². The van der Waals surface area contributed by atoms with Crippen LogP contribution in [-0.4, -0.2) is 51.1 Å². The number of nitrogens with one attached hydrogen (secondary N) is 2. The molecule has 2 rings (SSSR count). The van der Waals surface area contributed by atoms with E-state index in [2.05, 4.69) is 27.6 Å². The topological polar surface area (TPSA) is 39.7 Å². The molecule has 1 atom stereocenters. The molecular formula is C18H29FN4. The zero-order chi connectivity index (χ0) is 16.7.